The molecule has 0 nitrogen and oxygen atoms in total. The van der Waals surface area contributed by atoms with Crippen LogP contribution in [0.25, 0.3) is 0 Å². The van der Waals surface area contributed by atoms with Crippen molar-refractivity contribution in [3.05, 3.63) is 0 Å². The molecule has 0 bridgehead atoms. The zero-order valence-electron chi connectivity index (χ0n) is 5.02. The fraction of sp³-hybridized carbons (Fsp3) is 1.00. The molecule has 43 valence electrons. The third-order valence-electron chi connectivity index (χ3n) is 1.08. The molecule has 0 unspecified atom stereocenters. The molecule has 1 rings (SSSR count). The molecule has 0 aromatic rings. The minimum absolute atomic E-state index is 0. The van der Waals surface area contributed by atoms with Crippen LogP contribution in [0.1, 0.15) is 19.3 Å². The van der Waals surface area contributed by atoms with Crippen LogP contribution in [0.2, 0.25) is 0 Å². The van der Waals surface area contributed by atoms with Crippen LogP contribution in [0.4, 0.5) is 0 Å². The van der Waals surface area contributed by atoms with Crippen molar-refractivity contribution in [2.45, 2.75) is 19.3 Å². The van der Waals surface area contributed by atoms with E-state index in [1.165, 1.54) is 30.8 Å². The SMILES string of the molecule is C1CCSCC1.[Al].[Ti]. The third kappa shape index (κ3) is 5.73. The Balaban J connectivity index is 0. The molecular weight excluding hydrogens is 167 g/mol. The standard InChI is InChI=1S/C5H10S.Al.Ti/c1-2-4-6-5-3-1;;/h1-5H2;;. The first-order chi connectivity index (χ1) is 3.00. The average Bonchev–Trinajstić information content (AvgIpc) is 1.72. The maximum atomic E-state index is 2.09. The predicted octanol–water partition coefficient (Wildman–Crippen LogP) is 1.52. The van der Waals surface area contributed by atoms with Gasteiger partial charge >= 0.3 is 0 Å². The van der Waals surface area contributed by atoms with Crippen LogP contribution >= 0.6 is 11.8 Å². The summed E-state index contributed by atoms with van der Waals surface area (Å²) in [6.07, 6.45) is 4.41. The first-order valence-corrected chi connectivity index (χ1v) is 3.73. The van der Waals surface area contributed by atoms with E-state index in [1.807, 2.05) is 0 Å². The van der Waals surface area contributed by atoms with Gasteiger partial charge in [0.05, 0.1) is 0 Å². The zero-order chi connectivity index (χ0) is 4.24. The molecule has 0 aliphatic carbocycles. The van der Waals surface area contributed by atoms with Gasteiger partial charge in [0, 0.05) is 39.1 Å². The van der Waals surface area contributed by atoms with Gasteiger partial charge < -0.3 is 0 Å². The fourth-order valence-corrected chi connectivity index (χ4v) is 1.71. The molecule has 1 heterocycles. The normalized spacial score (nSPS) is 18.0. The molecule has 0 N–H and O–H groups in total. The molecule has 1 fully saturated rings. The van der Waals surface area contributed by atoms with Crippen LogP contribution in [0.15, 0.2) is 0 Å². The molecule has 0 aromatic heterocycles. The van der Waals surface area contributed by atoms with Crippen molar-refractivity contribution in [1.82, 2.24) is 0 Å². The summed E-state index contributed by atoms with van der Waals surface area (Å²) in [5.41, 5.74) is 0. The van der Waals surface area contributed by atoms with Crippen LogP contribution in [0, 0.1) is 0 Å². The van der Waals surface area contributed by atoms with E-state index in [2.05, 4.69) is 11.8 Å². The summed E-state index contributed by atoms with van der Waals surface area (Å²) in [7, 11) is 0. The van der Waals surface area contributed by atoms with Crippen molar-refractivity contribution in [2.24, 2.45) is 0 Å². The van der Waals surface area contributed by atoms with Crippen molar-refractivity contribution in [1.29, 1.82) is 0 Å². The summed E-state index contributed by atoms with van der Waals surface area (Å²) in [6.45, 7) is 0. The van der Waals surface area contributed by atoms with Gasteiger partial charge in [0.15, 0.2) is 0 Å². The molecule has 8 heavy (non-hydrogen) atoms. The topological polar surface area (TPSA) is 0 Å². The number of rotatable bonds is 0. The maximum absolute atomic E-state index is 2.09. The average molecular weight is 177 g/mol. The van der Waals surface area contributed by atoms with Gasteiger partial charge in [0.1, 0.15) is 0 Å². The summed E-state index contributed by atoms with van der Waals surface area (Å²) >= 11 is 2.09. The first-order valence-electron chi connectivity index (χ1n) is 2.58. The van der Waals surface area contributed by atoms with Crippen molar-refractivity contribution >= 4 is 29.1 Å². The van der Waals surface area contributed by atoms with Gasteiger partial charge in [-0.2, -0.15) is 11.8 Å². The first kappa shape index (κ1) is 12.3. The van der Waals surface area contributed by atoms with Crippen LogP contribution in [-0.4, -0.2) is 28.9 Å². The molecule has 1 aliphatic heterocycles. The molecule has 0 spiro atoms. The molecule has 1 aliphatic rings. The molecule has 1 saturated heterocycles. The van der Waals surface area contributed by atoms with E-state index in [-0.39, 0.29) is 39.1 Å². The van der Waals surface area contributed by atoms with Gasteiger partial charge in [-0.3, -0.25) is 0 Å². The Morgan fingerprint density at radius 3 is 1.50 bits per heavy atom. The number of hydrogen-bond acceptors (Lipinski definition) is 1. The fourth-order valence-electron chi connectivity index (χ4n) is 0.687. The molecule has 0 aromatic carbocycles. The van der Waals surface area contributed by atoms with Gasteiger partial charge in [-0.15, -0.1) is 0 Å². The zero-order valence-corrected chi connectivity index (χ0v) is 8.55. The smallest absolute Gasteiger partial charge is 0 e. The Hall–Kier alpha value is 1.60. The molecule has 3 heteroatoms. The number of thioether (sulfide) groups is 1. The summed E-state index contributed by atoms with van der Waals surface area (Å²) in [6, 6.07) is 0. The van der Waals surface area contributed by atoms with E-state index in [1.54, 1.807) is 0 Å². The predicted molar refractivity (Wildman–Crippen MR) is 36.9 cm³/mol. The van der Waals surface area contributed by atoms with Crippen molar-refractivity contribution in [3.8, 4) is 0 Å². The summed E-state index contributed by atoms with van der Waals surface area (Å²) < 4.78 is 0. The van der Waals surface area contributed by atoms with Gasteiger partial charge in [0.25, 0.3) is 0 Å². The second kappa shape index (κ2) is 8.60. The van der Waals surface area contributed by atoms with E-state index >= 15 is 0 Å². The van der Waals surface area contributed by atoms with Crippen molar-refractivity contribution < 1.29 is 21.7 Å². The Morgan fingerprint density at radius 2 is 1.38 bits per heavy atom. The minimum atomic E-state index is 0. The van der Waals surface area contributed by atoms with Gasteiger partial charge in [-0.1, -0.05) is 6.42 Å². The van der Waals surface area contributed by atoms with Gasteiger partial charge in [-0.05, 0) is 24.3 Å². The number of hydrogen-bond donors (Lipinski definition) is 0. The van der Waals surface area contributed by atoms with E-state index in [0.717, 1.165) is 0 Å². The van der Waals surface area contributed by atoms with Crippen LogP contribution in [-0.2, 0) is 21.7 Å². The second-order valence-electron chi connectivity index (χ2n) is 1.67. The molecule has 0 atom stereocenters. The van der Waals surface area contributed by atoms with E-state index in [0.29, 0.717) is 0 Å². The van der Waals surface area contributed by atoms with Gasteiger partial charge in [0.2, 0.25) is 0 Å². The Kier molecular flexibility index (Phi) is 13.2. The van der Waals surface area contributed by atoms with Crippen molar-refractivity contribution in [3.63, 3.8) is 0 Å². The van der Waals surface area contributed by atoms with E-state index in [9.17, 15) is 0 Å². The van der Waals surface area contributed by atoms with E-state index < -0.39 is 0 Å². The van der Waals surface area contributed by atoms with Crippen LogP contribution in [0.5, 0.6) is 0 Å². The largest absolute Gasteiger partial charge is 0.162 e. The molecule has 0 amide bonds. The summed E-state index contributed by atoms with van der Waals surface area (Å²) in [5.74, 6) is 2.83. The molecule has 0 saturated carbocycles. The van der Waals surface area contributed by atoms with Crippen molar-refractivity contribution in [2.75, 3.05) is 11.5 Å². The molecule has 3 radical (unpaired) electrons. The maximum Gasteiger partial charge on any atom is 0 e. The van der Waals surface area contributed by atoms with Gasteiger partial charge in [-0.25, -0.2) is 0 Å². The Morgan fingerprint density at radius 1 is 0.875 bits per heavy atom. The quantitative estimate of drug-likeness (QED) is 0.505. The third-order valence-corrected chi connectivity index (χ3v) is 2.23. The summed E-state index contributed by atoms with van der Waals surface area (Å²) in [4.78, 5) is 0. The second-order valence-corrected chi connectivity index (χ2v) is 2.90. The Labute approximate surface area is 81.2 Å². The van der Waals surface area contributed by atoms with Crippen LogP contribution in [0.3, 0.4) is 0 Å². The summed E-state index contributed by atoms with van der Waals surface area (Å²) in [5, 5.41) is 0. The van der Waals surface area contributed by atoms with E-state index in [4.69, 9.17) is 0 Å². The van der Waals surface area contributed by atoms with Crippen LogP contribution < -0.4 is 0 Å². The molecular formula is C5H10AlSTi. The monoisotopic (exact) mass is 177 g/mol. The Bertz CT molecular complexity index is 27.9. The minimum Gasteiger partial charge on any atom is -0.162 e.